The third kappa shape index (κ3) is 1.46. The highest BCUT2D eigenvalue weighted by atomic mass is 32.2. The number of rotatable bonds is 1. The number of sulfonamides is 1. The molecule has 0 radical (unpaired) electrons. The van der Waals surface area contributed by atoms with E-state index in [2.05, 4.69) is 4.25 Å². The molecule has 3 nitrogen and oxygen atoms in total. The molecular weight excluding hydrogens is 174 g/mol. The molecule has 1 aromatic rings. The Morgan fingerprint density at radius 3 is 2.42 bits per heavy atom. The molecule has 0 N–H and O–H groups in total. The van der Waals surface area contributed by atoms with E-state index in [0.29, 0.717) is 5.56 Å². The molecule has 0 spiro atoms. The van der Waals surface area contributed by atoms with Gasteiger partial charge in [0.2, 0.25) is 0 Å². The SMILES string of the molecule is [C-]#[N+]S(=O)(=O)c1ccccc1C. The first-order chi connectivity index (χ1) is 5.58. The predicted molar refractivity (Wildman–Crippen MR) is 45.0 cm³/mol. The van der Waals surface area contributed by atoms with Gasteiger partial charge in [-0.05, 0) is 18.6 Å². The molecule has 0 aliphatic carbocycles. The first kappa shape index (κ1) is 8.75. The molecule has 0 unspecified atom stereocenters. The Morgan fingerprint density at radius 2 is 1.92 bits per heavy atom. The van der Waals surface area contributed by atoms with Crippen molar-refractivity contribution in [3.63, 3.8) is 0 Å². The summed E-state index contributed by atoms with van der Waals surface area (Å²) in [5.74, 6) is 0. The highest BCUT2D eigenvalue weighted by Gasteiger charge is 2.19. The van der Waals surface area contributed by atoms with Gasteiger partial charge >= 0.3 is 10.0 Å². The van der Waals surface area contributed by atoms with Gasteiger partial charge in [0.1, 0.15) is 4.90 Å². The molecule has 0 atom stereocenters. The molecule has 1 aromatic carbocycles. The second-order valence-electron chi connectivity index (χ2n) is 2.33. The molecule has 12 heavy (non-hydrogen) atoms. The lowest BCUT2D eigenvalue weighted by Gasteiger charge is -1.95. The lowest BCUT2D eigenvalue weighted by Crippen LogP contribution is -1.95. The van der Waals surface area contributed by atoms with Crippen LogP contribution in [-0.4, -0.2) is 8.42 Å². The first-order valence-electron chi connectivity index (χ1n) is 3.27. The molecule has 4 heteroatoms. The van der Waals surface area contributed by atoms with Crippen LogP contribution in [0.15, 0.2) is 29.2 Å². The van der Waals surface area contributed by atoms with Crippen LogP contribution in [0.25, 0.3) is 4.25 Å². The van der Waals surface area contributed by atoms with Crippen molar-refractivity contribution in [2.24, 2.45) is 0 Å². The Kier molecular flexibility index (Phi) is 2.15. The predicted octanol–water partition coefficient (Wildman–Crippen LogP) is 1.60. The summed E-state index contributed by atoms with van der Waals surface area (Å²) in [6.07, 6.45) is 0. The van der Waals surface area contributed by atoms with E-state index in [9.17, 15) is 8.42 Å². The van der Waals surface area contributed by atoms with Gasteiger partial charge in [0.15, 0.2) is 0 Å². The van der Waals surface area contributed by atoms with E-state index in [1.807, 2.05) is 0 Å². The van der Waals surface area contributed by atoms with Gasteiger partial charge in [-0.2, -0.15) is 4.25 Å². The van der Waals surface area contributed by atoms with E-state index < -0.39 is 10.0 Å². The minimum Gasteiger partial charge on any atom is -0.206 e. The summed E-state index contributed by atoms with van der Waals surface area (Å²) in [5.41, 5.74) is 0.605. The van der Waals surface area contributed by atoms with E-state index in [4.69, 9.17) is 6.57 Å². The van der Waals surface area contributed by atoms with Crippen LogP contribution in [0, 0.1) is 13.5 Å². The fourth-order valence-corrected chi connectivity index (χ4v) is 1.72. The van der Waals surface area contributed by atoms with Gasteiger partial charge < -0.3 is 0 Å². The Hall–Kier alpha value is -1.34. The van der Waals surface area contributed by atoms with Crippen LogP contribution in [-0.2, 0) is 10.0 Å². The van der Waals surface area contributed by atoms with Gasteiger partial charge in [0.05, 0.1) is 0 Å². The van der Waals surface area contributed by atoms with Crippen molar-refractivity contribution in [1.29, 1.82) is 0 Å². The van der Waals surface area contributed by atoms with Crippen molar-refractivity contribution >= 4 is 10.0 Å². The maximum absolute atomic E-state index is 11.1. The maximum atomic E-state index is 11.1. The normalized spacial score (nSPS) is 10.7. The molecule has 0 saturated carbocycles. The van der Waals surface area contributed by atoms with Gasteiger partial charge in [-0.15, -0.1) is 8.42 Å². The number of hydrogen-bond acceptors (Lipinski definition) is 2. The molecular formula is C8H7NO2S. The molecule has 62 valence electrons. The standard InChI is InChI=1S/C8H7NO2S/c1-7-5-3-4-6-8(7)12(10,11)9-2/h3-6H,1H3. The smallest absolute Gasteiger partial charge is 0.206 e. The molecule has 0 aromatic heterocycles. The highest BCUT2D eigenvalue weighted by molar-refractivity contribution is 7.93. The first-order valence-corrected chi connectivity index (χ1v) is 4.71. The molecule has 0 heterocycles. The number of benzene rings is 1. The average Bonchev–Trinajstić information content (AvgIpc) is 2.05. The molecule has 0 aliphatic heterocycles. The van der Waals surface area contributed by atoms with Gasteiger partial charge in [-0.3, -0.25) is 0 Å². The Balaban J connectivity index is 3.43. The van der Waals surface area contributed by atoms with E-state index >= 15 is 0 Å². The molecule has 1 rings (SSSR count). The summed E-state index contributed by atoms with van der Waals surface area (Å²) in [6.45, 7) is 8.14. The van der Waals surface area contributed by atoms with Crippen molar-refractivity contribution < 1.29 is 8.42 Å². The summed E-state index contributed by atoms with van der Waals surface area (Å²) in [6, 6.07) is 6.43. The van der Waals surface area contributed by atoms with Gasteiger partial charge in [-0.25, -0.2) is 6.57 Å². The van der Waals surface area contributed by atoms with Crippen molar-refractivity contribution in [2.45, 2.75) is 11.8 Å². The Bertz CT molecular complexity index is 429. The van der Waals surface area contributed by atoms with Gasteiger partial charge in [-0.1, -0.05) is 18.2 Å². The molecule has 0 amide bonds. The minimum atomic E-state index is -3.74. The van der Waals surface area contributed by atoms with E-state index in [-0.39, 0.29) is 4.90 Å². The zero-order chi connectivity index (χ0) is 9.19. The number of hydrogen-bond donors (Lipinski definition) is 0. The summed E-state index contributed by atoms with van der Waals surface area (Å²) in [4.78, 5) is 0.0972. The molecule has 0 fully saturated rings. The van der Waals surface area contributed by atoms with Crippen LogP contribution in [0.4, 0.5) is 0 Å². The van der Waals surface area contributed by atoms with Crippen LogP contribution >= 0.6 is 0 Å². The summed E-state index contributed by atoms with van der Waals surface area (Å²) >= 11 is 0. The third-order valence-corrected chi connectivity index (χ3v) is 2.75. The van der Waals surface area contributed by atoms with E-state index in [0.717, 1.165) is 0 Å². The Morgan fingerprint density at radius 1 is 1.33 bits per heavy atom. The van der Waals surface area contributed by atoms with Crippen molar-refractivity contribution in [2.75, 3.05) is 0 Å². The van der Waals surface area contributed by atoms with Gasteiger partial charge in [0.25, 0.3) is 0 Å². The second-order valence-corrected chi connectivity index (χ2v) is 3.90. The Labute approximate surface area is 71.5 Å². The largest absolute Gasteiger partial charge is 0.468 e. The van der Waals surface area contributed by atoms with Crippen LogP contribution < -0.4 is 0 Å². The highest BCUT2D eigenvalue weighted by Crippen LogP contribution is 2.15. The minimum absolute atomic E-state index is 0.0972. The summed E-state index contributed by atoms with van der Waals surface area (Å²) < 4.78 is 24.7. The molecule has 0 aliphatic rings. The van der Waals surface area contributed by atoms with E-state index in [1.165, 1.54) is 6.07 Å². The summed E-state index contributed by atoms with van der Waals surface area (Å²) in [5, 5.41) is 0. The lowest BCUT2D eigenvalue weighted by atomic mass is 10.2. The number of aryl methyl sites for hydroxylation is 1. The van der Waals surface area contributed by atoms with Crippen molar-refractivity contribution in [1.82, 2.24) is 0 Å². The topological polar surface area (TPSA) is 38.5 Å². The fraction of sp³-hybridized carbons (Fsp3) is 0.125. The zero-order valence-electron chi connectivity index (χ0n) is 6.48. The summed E-state index contributed by atoms with van der Waals surface area (Å²) in [7, 11) is -3.74. The van der Waals surface area contributed by atoms with Crippen LogP contribution in [0.1, 0.15) is 5.56 Å². The van der Waals surface area contributed by atoms with Crippen LogP contribution in [0.2, 0.25) is 0 Å². The van der Waals surface area contributed by atoms with Crippen molar-refractivity contribution in [3.8, 4) is 0 Å². The average molecular weight is 181 g/mol. The van der Waals surface area contributed by atoms with E-state index in [1.54, 1.807) is 25.1 Å². The lowest BCUT2D eigenvalue weighted by molar-refractivity contribution is 0.603. The number of nitrogens with zero attached hydrogens (tertiary/aromatic N) is 1. The van der Waals surface area contributed by atoms with Gasteiger partial charge in [0, 0.05) is 0 Å². The van der Waals surface area contributed by atoms with Crippen LogP contribution in [0.5, 0.6) is 0 Å². The van der Waals surface area contributed by atoms with Crippen LogP contribution in [0.3, 0.4) is 0 Å². The maximum Gasteiger partial charge on any atom is 0.468 e. The van der Waals surface area contributed by atoms with Crippen molar-refractivity contribution in [3.05, 3.63) is 40.7 Å². The second kappa shape index (κ2) is 2.95. The fourth-order valence-electron chi connectivity index (χ4n) is 0.895. The zero-order valence-corrected chi connectivity index (χ0v) is 7.30. The third-order valence-electron chi connectivity index (χ3n) is 1.49. The molecule has 0 saturated heterocycles. The monoisotopic (exact) mass is 181 g/mol. The quantitative estimate of drug-likeness (QED) is 0.617. The molecule has 0 bridgehead atoms.